The minimum atomic E-state index is -0.701. The molecule has 2 N–H and O–H groups in total. The average molecular weight is 395 g/mol. The summed E-state index contributed by atoms with van der Waals surface area (Å²) in [5.41, 5.74) is 1.85. The van der Waals surface area contributed by atoms with Gasteiger partial charge in [0.25, 0.3) is 11.8 Å². The molecule has 2 aromatic carbocycles. The smallest absolute Gasteiger partial charge is 0.255 e. The van der Waals surface area contributed by atoms with Gasteiger partial charge in [-0.25, -0.2) is 4.39 Å². The Balaban J connectivity index is 1.51. The van der Waals surface area contributed by atoms with Gasteiger partial charge >= 0.3 is 0 Å². The Bertz CT molecular complexity index is 1040. The number of benzene rings is 2. The van der Waals surface area contributed by atoms with Crippen LogP contribution < -0.4 is 10.6 Å². The second-order valence-corrected chi connectivity index (χ2v) is 7.01. The Kier molecular flexibility index (Phi) is 4.84. The SMILES string of the molecule is O=C1CCC(N2Cc3c(CNC(=O)c4ccccc4F)cccc3C2=O)C(=O)N1. The molecule has 0 saturated carbocycles. The van der Waals surface area contributed by atoms with E-state index < -0.39 is 23.7 Å². The minimum absolute atomic E-state index is 0.0543. The van der Waals surface area contributed by atoms with Gasteiger partial charge in [-0.3, -0.25) is 24.5 Å². The lowest BCUT2D eigenvalue weighted by atomic mass is 10.0. The van der Waals surface area contributed by atoms with Gasteiger partial charge in [-0.2, -0.15) is 0 Å². The zero-order valence-corrected chi connectivity index (χ0v) is 15.4. The predicted molar refractivity (Wildman–Crippen MR) is 100 cm³/mol. The van der Waals surface area contributed by atoms with Crippen molar-refractivity contribution in [2.24, 2.45) is 0 Å². The maximum atomic E-state index is 13.8. The van der Waals surface area contributed by atoms with E-state index in [1.807, 2.05) is 0 Å². The van der Waals surface area contributed by atoms with Crippen molar-refractivity contribution < 1.29 is 23.6 Å². The van der Waals surface area contributed by atoms with Crippen molar-refractivity contribution >= 4 is 23.6 Å². The summed E-state index contributed by atoms with van der Waals surface area (Å²) >= 11 is 0. The fraction of sp³-hybridized carbons (Fsp3) is 0.238. The summed E-state index contributed by atoms with van der Waals surface area (Å²) in [6.45, 7) is 0.332. The predicted octanol–water partition coefficient (Wildman–Crippen LogP) is 1.52. The number of nitrogens with zero attached hydrogens (tertiary/aromatic N) is 1. The molecule has 2 heterocycles. The van der Waals surface area contributed by atoms with E-state index in [2.05, 4.69) is 10.6 Å². The number of halogens is 1. The van der Waals surface area contributed by atoms with Crippen molar-refractivity contribution in [3.05, 3.63) is 70.5 Å². The Labute approximate surface area is 165 Å². The van der Waals surface area contributed by atoms with Gasteiger partial charge in [-0.05, 0) is 35.7 Å². The molecule has 148 valence electrons. The van der Waals surface area contributed by atoms with Gasteiger partial charge in [-0.1, -0.05) is 24.3 Å². The zero-order chi connectivity index (χ0) is 20.5. The van der Waals surface area contributed by atoms with Gasteiger partial charge < -0.3 is 10.2 Å². The van der Waals surface area contributed by atoms with Crippen LogP contribution in [0.2, 0.25) is 0 Å². The number of piperidine rings is 1. The Morgan fingerprint density at radius 1 is 1.14 bits per heavy atom. The van der Waals surface area contributed by atoms with E-state index in [0.717, 1.165) is 11.1 Å². The number of amides is 4. The van der Waals surface area contributed by atoms with Gasteiger partial charge in [-0.15, -0.1) is 0 Å². The number of imide groups is 1. The summed E-state index contributed by atoms with van der Waals surface area (Å²) < 4.78 is 13.8. The molecular formula is C21H18FN3O4. The molecular weight excluding hydrogens is 377 g/mol. The summed E-state index contributed by atoms with van der Waals surface area (Å²) in [7, 11) is 0. The molecule has 2 aromatic rings. The van der Waals surface area contributed by atoms with Crippen LogP contribution in [0.3, 0.4) is 0 Å². The van der Waals surface area contributed by atoms with Crippen LogP contribution in [-0.4, -0.2) is 34.6 Å². The van der Waals surface area contributed by atoms with Crippen LogP contribution in [0.25, 0.3) is 0 Å². The van der Waals surface area contributed by atoms with Crippen molar-refractivity contribution in [3.8, 4) is 0 Å². The molecule has 2 aliphatic rings. The maximum absolute atomic E-state index is 13.8. The van der Waals surface area contributed by atoms with Gasteiger partial charge in [0.15, 0.2) is 0 Å². The first-order valence-electron chi connectivity index (χ1n) is 9.24. The van der Waals surface area contributed by atoms with E-state index in [-0.39, 0.29) is 43.3 Å². The number of hydrogen-bond acceptors (Lipinski definition) is 4. The fourth-order valence-corrected chi connectivity index (χ4v) is 3.73. The quantitative estimate of drug-likeness (QED) is 0.768. The molecule has 0 aliphatic carbocycles. The van der Waals surface area contributed by atoms with Gasteiger partial charge in [0.2, 0.25) is 11.8 Å². The molecule has 0 spiro atoms. The van der Waals surface area contributed by atoms with E-state index in [1.54, 1.807) is 24.3 Å². The van der Waals surface area contributed by atoms with E-state index in [1.165, 1.54) is 23.1 Å². The van der Waals surface area contributed by atoms with E-state index in [9.17, 15) is 23.6 Å². The van der Waals surface area contributed by atoms with Crippen LogP contribution in [0.5, 0.6) is 0 Å². The summed E-state index contributed by atoms with van der Waals surface area (Å²) in [6.07, 6.45) is 0.464. The highest BCUT2D eigenvalue weighted by Gasteiger charge is 2.39. The van der Waals surface area contributed by atoms with Gasteiger partial charge in [0.1, 0.15) is 11.9 Å². The molecule has 1 fully saturated rings. The molecule has 1 saturated heterocycles. The van der Waals surface area contributed by atoms with Crippen LogP contribution in [0.1, 0.15) is 44.7 Å². The Morgan fingerprint density at radius 3 is 2.69 bits per heavy atom. The molecule has 7 nitrogen and oxygen atoms in total. The topological polar surface area (TPSA) is 95.6 Å². The number of hydrogen-bond donors (Lipinski definition) is 2. The first kappa shape index (κ1) is 18.8. The normalized spacial score (nSPS) is 18.4. The molecule has 0 bridgehead atoms. The molecule has 1 unspecified atom stereocenters. The monoisotopic (exact) mass is 395 g/mol. The number of nitrogens with one attached hydrogen (secondary N) is 2. The summed E-state index contributed by atoms with van der Waals surface area (Å²) in [5, 5.41) is 4.94. The summed E-state index contributed by atoms with van der Waals surface area (Å²) in [5.74, 6) is -2.25. The molecule has 8 heteroatoms. The largest absolute Gasteiger partial charge is 0.348 e. The van der Waals surface area contributed by atoms with Gasteiger partial charge in [0, 0.05) is 25.1 Å². The van der Waals surface area contributed by atoms with Gasteiger partial charge in [0.05, 0.1) is 5.56 Å². The molecule has 1 atom stereocenters. The Hall–Kier alpha value is -3.55. The number of carbonyl (C=O) groups is 4. The number of rotatable bonds is 4. The molecule has 4 amide bonds. The zero-order valence-electron chi connectivity index (χ0n) is 15.4. The van der Waals surface area contributed by atoms with Crippen molar-refractivity contribution in [1.82, 2.24) is 15.5 Å². The van der Waals surface area contributed by atoms with Crippen LogP contribution in [-0.2, 0) is 22.7 Å². The van der Waals surface area contributed by atoms with Crippen LogP contribution >= 0.6 is 0 Å². The second kappa shape index (κ2) is 7.46. The summed E-state index contributed by atoms with van der Waals surface area (Å²) in [4.78, 5) is 50.1. The van der Waals surface area contributed by atoms with Crippen molar-refractivity contribution in [1.29, 1.82) is 0 Å². The standard InChI is InChI=1S/C21H18FN3O4/c22-16-7-2-1-5-14(16)19(27)23-10-12-4-3-6-13-15(12)11-25(21(13)29)17-8-9-18(26)24-20(17)28/h1-7,17H,8-11H2,(H,23,27)(H,24,26,28). The highest BCUT2D eigenvalue weighted by Crippen LogP contribution is 2.29. The molecule has 29 heavy (non-hydrogen) atoms. The Morgan fingerprint density at radius 2 is 1.93 bits per heavy atom. The van der Waals surface area contributed by atoms with E-state index in [0.29, 0.717) is 5.56 Å². The first-order chi connectivity index (χ1) is 14.0. The van der Waals surface area contributed by atoms with Crippen molar-refractivity contribution in [2.75, 3.05) is 0 Å². The first-order valence-corrected chi connectivity index (χ1v) is 9.24. The van der Waals surface area contributed by atoms with Crippen molar-refractivity contribution in [3.63, 3.8) is 0 Å². The van der Waals surface area contributed by atoms with E-state index in [4.69, 9.17) is 0 Å². The third-order valence-corrected chi connectivity index (χ3v) is 5.24. The lowest BCUT2D eigenvalue weighted by Gasteiger charge is -2.29. The maximum Gasteiger partial charge on any atom is 0.255 e. The fourth-order valence-electron chi connectivity index (χ4n) is 3.73. The molecule has 0 radical (unpaired) electrons. The highest BCUT2D eigenvalue weighted by atomic mass is 19.1. The lowest BCUT2D eigenvalue weighted by molar-refractivity contribution is -0.136. The van der Waals surface area contributed by atoms with E-state index >= 15 is 0 Å². The molecule has 0 aromatic heterocycles. The second-order valence-electron chi connectivity index (χ2n) is 7.01. The number of fused-ring (bicyclic) bond motifs is 1. The third-order valence-electron chi connectivity index (χ3n) is 5.24. The average Bonchev–Trinajstić information content (AvgIpc) is 3.04. The van der Waals surface area contributed by atoms with Crippen LogP contribution in [0.15, 0.2) is 42.5 Å². The molecule has 2 aliphatic heterocycles. The minimum Gasteiger partial charge on any atom is -0.348 e. The van der Waals surface area contributed by atoms with Crippen LogP contribution in [0, 0.1) is 5.82 Å². The molecule has 4 rings (SSSR count). The lowest BCUT2D eigenvalue weighted by Crippen LogP contribution is -2.52. The highest BCUT2D eigenvalue weighted by molar-refractivity contribution is 6.05. The number of carbonyl (C=O) groups excluding carboxylic acids is 4. The van der Waals surface area contributed by atoms with Crippen molar-refractivity contribution in [2.45, 2.75) is 32.0 Å². The van der Waals surface area contributed by atoms with Crippen LogP contribution in [0.4, 0.5) is 4.39 Å². The summed E-state index contributed by atoms with van der Waals surface area (Å²) in [6, 6.07) is 10.1. The third kappa shape index (κ3) is 3.49.